The molecule has 3 rings (SSSR count). The Hall–Kier alpha value is -1.73. The van der Waals surface area contributed by atoms with Crippen LogP contribution < -0.4 is 10.9 Å². The third-order valence-corrected chi connectivity index (χ3v) is 5.90. The van der Waals surface area contributed by atoms with Crippen molar-refractivity contribution in [2.45, 2.75) is 58.0 Å². The molecule has 0 unspecified atom stereocenters. The summed E-state index contributed by atoms with van der Waals surface area (Å²) in [6.07, 6.45) is 6.93. The summed E-state index contributed by atoms with van der Waals surface area (Å²) in [5.74, 6) is 0.556. The molecular weight excluding hydrogens is 336 g/mol. The van der Waals surface area contributed by atoms with E-state index in [-0.39, 0.29) is 17.5 Å². The van der Waals surface area contributed by atoms with E-state index in [1.165, 1.54) is 37.0 Å². The Balaban J connectivity index is 1.88. The Bertz CT molecular complexity index is 816. The number of aryl methyl sites for hydroxylation is 1. The Morgan fingerprint density at radius 3 is 2.60 bits per heavy atom. The molecule has 136 valence electrons. The molecule has 0 aromatic carbocycles. The summed E-state index contributed by atoms with van der Waals surface area (Å²) in [7, 11) is 3.85. The van der Waals surface area contributed by atoms with Gasteiger partial charge in [-0.1, -0.05) is 25.7 Å². The first-order valence-corrected chi connectivity index (χ1v) is 9.75. The standard InChI is InChI=1S/C18H26N4O2S/c1-11-14-16(23)20-13(10-22(2)3)21-18(14)25-15(11)17(24)19-12-8-6-4-5-7-9-12/h12H,4-10H2,1-3H3,(H,19,24)(H,20,21,23). The summed E-state index contributed by atoms with van der Waals surface area (Å²) in [5, 5.41) is 3.71. The van der Waals surface area contributed by atoms with Gasteiger partial charge in [-0.25, -0.2) is 4.98 Å². The molecule has 1 saturated carbocycles. The van der Waals surface area contributed by atoms with Crippen LogP contribution in [0.3, 0.4) is 0 Å². The van der Waals surface area contributed by atoms with Crippen LogP contribution in [0.25, 0.3) is 10.2 Å². The van der Waals surface area contributed by atoms with E-state index in [4.69, 9.17) is 0 Å². The van der Waals surface area contributed by atoms with Crippen LogP contribution in [0.4, 0.5) is 0 Å². The van der Waals surface area contributed by atoms with Crippen molar-refractivity contribution >= 4 is 27.5 Å². The molecule has 7 heteroatoms. The lowest BCUT2D eigenvalue weighted by Gasteiger charge is -2.15. The van der Waals surface area contributed by atoms with Crippen molar-refractivity contribution in [2.24, 2.45) is 0 Å². The third-order valence-electron chi connectivity index (χ3n) is 4.71. The predicted octanol–water partition coefficient (Wildman–Crippen LogP) is 2.81. The number of aromatic amines is 1. The van der Waals surface area contributed by atoms with E-state index in [0.717, 1.165) is 18.4 Å². The van der Waals surface area contributed by atoms with Crippen molar-refractivity contribution < 1.29 is 4.79 Å². The molecule has 2 aromatic rings. The van der Waals surface area contributed by atoms with Gasteiger partial charge in [0, 0.05) is 6.04 Å². The first kappa shape index (κ1) is 18.1. The highest BCUT2D eigenvalue weighted by Crippen LogP contribution is 2.27. The molecule has 0 bridgehead atoms. The topological polar surface area (TPSA) is 78.1 Å². The van der Waals surface area contributed by atoms with Crippen molar-refractivity contribution in [1.82, 2.24) is 20.2 Å². The number of carbonyl (C=O) groups is 1. The molecule has 0 radical (unpaired) electrons. The van der Waals surface area contributed by atoms with Crippen molar-refractivity contribution in [3.8, 4) is 0 Å². The summed E-state index contributed by atoms with van der Waals surface area (Å²) >= 11 is 1.32. The zero-order valence-corrected chi connectivity index (χ0v) is 16.0. The normalized spacial score (nSPS) is 16.3. The summed E-state index contributed by atoms with van der Waals surface area (Å²) < 4.78 is 0. The number of nitrogens with zero attached hydrogens (tertiary/aromatic N) is 2. The van der Waals surface area contributed by atoms with E-state index in [1.807, 2.05) is 25.9 Å². The molecule has 6 nitrogen and oxygen atoms in total. The fraction of sp³-hybridized carbons (Fsp3) is 0.611. The average molecular weight is 362 g/mol. The second-order valence-corrected chi connectivity index (χ2v) is 8.15. The molecule has 1 aliphatic carbocycles. The number of aromatic nitrogens is 2. The van der Waals surface area contributed by atoms with Crippen LogP contribution >= 0.6 is 11.3 Å². The molecular formula is C18H26N4O2S. The quantitative estimate of drug-likeness (QED) is 0.820. The van der Waals surface area contributed by atoms with Crippen LogP contribution in [0, 0.1) is 6.92 Å². The van der Waals surface area contributed by atoms with Crippen LogP contribution in [-0.4, -0.2) is 40.9 Å². The molecule has 2 heterocycles. The minimum Gasteiger partial charge on any atom is -0.349 e. The average Bonchev–Trinajstić information content (AvgIpc) is 2.70. The lowest BCUT2D eigenvalue weighted by Crippen LogP contribution is -2.34. The molecule has 0 saturated heterocycles. The molecule has 0 spiro atoms. The Morgan fingerprint density at radius 1 is 1.28 bits per heavy atom. The Morgan fingerprint density at radius 2 is 1.96 bits per heavy atom. The Labute approximate surface area is 151 Å². The van der Waals surface area contributed by atoms with Crippen molar-refractivity contribution in [2.75, 3.05) is 14.1 Å². The number of carbonyl (C=O) groups excluding carboxylic acids is 1. The molecule has 1 amide bonds. The van der Waals surface area contributed by atoms with Crippen LogP contribution in [0.1, 0.15) is 59.6 Å². The molecule has 2 N–H and O–H groups in total. The first-order chi connectivity index (χ1) is 12.0. The van der Waals surface area contributed by atoms with E-state index in [9.17, 15) is 9.59 Å². The van der Waals surface area contributed by atoms with E-state index in [0.29, 0.717) is 27.5 Å². The van der Waals surface area contributed by atoms with Crippen molar-refractivity contribution in [3.63, 3.8) is 0 Å². The molecule has 2 aromatic heterocycles. The second-order valence-electron chi connectivity index (χ2n) is 7.15. The maximum absolute atomic E-state index is 12.7. The van der Waals surface area contributed by atoms with Gasteiger partial charge in [0.05, 0.1) is 16.8 Å². The van der Waals surface area contributed by atoms with Crippen LogP contribution in [-0.2, 0) is 6.54 Å². The van der Waals surface area contributed by atoms with E-state index in [2.05, 4.69) is 15.3 Å². The van der Waals surface area contributed by atoms with Crippen LogP contribution in [0.2, 0.25) is 0 Å². The van der Waals surface area contributed by atoms with E-state index >= 15 is 0 Å². The van der Waals surface area contributed by atoms with Gasteiger partial charge in [0.2, 0.25) is 0 Å². The number of hydrogen-bond donors (Lipinski definition) is 2. The zero-order chi connectivity index (χ0) is 18.0. The van der Waals surface area contributed by atoms with Gasteiger partial charge in [0.25, 0.3) is 11.5 Å². The number of hydrogen-bond acceptors (Lipinski definition) is 5. The number of thiophene rings is 1. The highest BCUT2D eigenvalue weighted by molar-refractivity contribution is 7.20. The smallest absolute Gasteiger partial charge is 0.261 e. The maximum Gasteiger partial charge on any atom is 0.261 e. The minimum absolute atomic E-state index is 0.0686. The van der Waals surface area contributed by atoms with Gasteiger partial charge in [-0.3, -0.25) is 9.59 Å². The van der Waals surface area contributed by atoms with Gasteiger partial charge in [-0.2, -0.15) is 0 Å². The zero-order valence-electron chi connectivity index (χ0n) is 15.1. The largest absolute Gasteiger partial charge is 0.349 e. The number of amides is 1. The van der Waals surface area contributed by atoms with Gasteiger partial charge < -0.3 is 15.2 Å². The van der Waals surface area contributed by atoms with Gasteiger partial charge in [0.1, 0.15) is 10.7 Å². The highest BCUT2D eigenvalue weighted by atomic mass is 32.1. The molecule has 25 heavy (non-hydrogen) atoms. The predicted molar refractivity (Wildman–Crippen MR) is 101 cm³/mol. The highest BCUT2D eigenvalue weighted by Gasteiger charge is 2.22. The third kappa shape index (κ3) is 4.10. The van der Waals surface area contributed by atoms with Crippen molar-refractivity contribution in [3.05, 3.63) is 26.6 Å². The van der Waals surface area contributed by atoms with Crippen LogP contribution in [0.5, 0.6) is 0 Å². The van der Waals surface area contributed by atoms with Gasteiger partial charge in [0.15, 0.2) is 0 Å². The first-order valence-electron chi connectivity index (χ1n) is 8.93. The summed E-state index contributed by atoms with van der Waals surface area (Å²) in [6, 6.07) is 0.246. The minimum atomic E-state index is -0.163. The monoisotopic (exact) mass is 362 g/mol. The summed E-state index contributed by atoms with van der Waals surface area (Å²) in [4.78, 5) is 35.8. The summed E-state index contributed by atoms with van der Waals surface area (Å²) in [6.45, 7) is 2.40. The number of fused-ring (bicyclic) bond motifs is 1. The lowest BCUT2D eigenvalue weighted by atomic mass is 10.1. The van der Waals surface area contributed by atoms with E-state index < -0.39 is 0 Å². The fourth-order valence-corrected chi connectivity index (χ4v) is 4.56. The SMILES string of the molecule is Cc1c(C(=O)NC2CCCCCC2)sc2nc(CN(C)C)[nH]c(=O)c12. The van der Waals surface area contributed by atoms with Gasteiger partial charge in [-0.15, -0.1) is 11.3 Å². The fourth-order valence-electron chi connectivity index (χ4n) is 3.45. The molecule has 0 aliphatic heterocycles. The van der Waals surface area contributed by atoms with Crippen LogP contribution in [0.15, 0.2) is 4.79 Å². The second kappa shape index (κ2) is 7.66. The molecule has 1 fully saturated rings. The number of H-pyrrole nitrogens is 1. The van der Waals surface area contributed by atoms with Crippen molar-refractivity contribution in [1.29, 1.82) is 0 Å². The van der Waals surface area contributed by atoms with Gasteiger partial charge >= 0.3 is 0 Å². The lowest BCUT2D eigenvalue weighted by molar-refractivity contribution is 0.0937. The maximum atomic E-state index is 12.7. The number of rotatable bonds is 4. The summed E-state index contributed by atoms with van der Waals surface area (Å²) in [5.41, 5.74) is 0.570. The van der Waals surface area contributed by atoms with E-state index in [1.54, 1.807) is 0 Å². The van der Waals surface area contributed by atoms with Gasteiger partial charge in [-0.05, 0) is 39.4 Å². The molecule has 1 aliphatic rings. The number of nitrogens with one attached hydrogen (secondary N) is 2. The molecule has 0 atom stereocenters. The Kier molecular flexibility index (Phi) is 5.54.